The van der Waals surface area contributed by atoms with Crippen LogP contribution in [0.15, 0.2) is 91.0 Å². The molecule has 1 aromatic heterocycles. The lowest BCUT2D eigenvalue weighted by molar-refractivity contribution is -0.664. The summed E-state index contributed by atoms with van der Waals surface area (Å²) in [5.41, 5.74) is 2.19. The third-order valence-corrected chi connectivity index (χ3v) is 4.94. The second-order valence-corrected chi connectivity index (χ2v) is 6.84. The number of Topliss-reactive ketones (excluding diaryl/α,β-unsaturated/α-hetero) is 2. The van der Waals surface area contributed by atoms with Crippen LogP contribution in [0.2, 0.25) is 0 Å². The number of halogens is 1. The van der Waals surface area contributed by atoms with Crippen LogP contribution >= 0.6 is 0 Å². The smallest absolute Gasteiger partial charge is 0.227 e. The first kappa shape index (κ1) is 18.7. The van der Waals surface area contributed by atoms with E-state index in [-0.39, 0.29) is 30.1 Å². The van der Waals surface area contributed by atoms with Crippen molar-refractivity contribution >= 4 is 22.5 Å². The number of nitrogens with zero attached hydrogens (tertiary/aromatic N) is 1. The molecule has 0 saturated carbocycles. The summed E-state index contributed by atoms with van der Waals surface area (Å²) in [5.74, 6) is -0.906. The number of hydrogen-bond donors (Lipinski definition) is 0. The molecule has 142 valence electrons. The minimum absolute atomic E-state index is 0.00778. The molecule has 0 fully saturated rings. The van der Waals surface area contributed by atoms with E-state index in [4.69, 9.17) is 0 Å². The van der Waals surface area contributed by atoms with Crippen molar-refractivity contribution in [3.8, 4) is 0 Å². The summed E-state index contributed by atoms with van der Waals surface area (Å²) in [5, 5.41) is 0.968. The van der Waals surface area contributed by atoms with Crippen molar-refractivity contribution in [2.45, 2.75) is 13.0 Å². The number of ketones is 2. The lowest BCUT2D eigenvalue weighted by Crippen LogP contribution is -2.43. The highest BCUT2D eigenvalue weighted by Crippen LogP contribution is 2.15. The van der Waals surface area contributed by atoms with E-state index >= 15 is 0 Å². The van der Waals surface area contributed by atoms with E-state index in [1.807, 2.05) is 59.2 Å². The molecule has 4 aromatic rings. The van der Waals surface area contributed by atoms with Crippen molar-refractivity contribution in [3.05, 3.63) is 114 Å². The van der Waals surface area contributed by atoms with Gasteiger partial charge in [0.2, 0.25) is 17.8 Å². The van der Waals surface area contributed by atoms with Gasteiger partial charge in [0.05, 0.1) is 12.0 Å². The predicted octanol–water partition coefficient (Wildman–Crippen LogP) is 4.57. The summed E-state index contributed by atoms with van der Waals surface area (Å²) in [6, 6.07) is 26.5. The lowest BCUT2D eigenvalue weighted by atomic mass is 10.0. The van der Waals surface area contributed by atoms with Gasteiger partial charge in [-0.05, 0) is 24.3 Å². The Balaban J connectivity index is 1.74. The van der Waals surface area contributed by atoms with Gasteiger partial charge in [-0.25, -0.2) is 4.39 Å². The number of aromatic nitrogens is 1. The zero-order valence-electron chi connectivity index (χ0n) is 15.7. The van der Waals surface area contributed by atoms with E-state index in [1.165, 1.54) is 12.1 Å². The van der Waals surface area contributed by atoms with Crippen molar-refractivity contribution in [2.24, 2.45) is 0 Å². The van der Waals surface area contributed by atoms with Gasteiger partial charge in [-0.15, -0.1) is 0 Å². The highest BCUT2D eigenvalue weighted by molar-refractivity contribution is 5.98. The van der Waals surface area contributed by atoms with Crippen molar-refractivity contribution < 1.29 is 18.5 Å². The first-order valence-corrected chi connectivity index (χ1v) is 9.40. The van der Waals surface area contributed by atoms with Crippen LogP contribution < -0.4 is 4.57 Å². The van der Waals surface area contributed by atoms with Crippen LogP contribution in [0.5, 0.6) is 0 Å². The second-order valence-electron chi connectivity index (χ2n) is 6.84. The Labute approximate surface area is 168 Å². The number of carbonyl (C=O) groups is 2. The van der Waals surface area contributed by atoms with Crippen LogP contribution in [0.4, 0.5) is 4.39 Å². The van der Waals surface area contributed by atoms with Crippen molar-refractivity contribution in [1.29, 1.82) is 0 Å². The van der Waals surface area contributed by atoms with E-state index in [0.29, 0.717) is 11.3 Å². The molecule has 3 aromatic carbocycles. The number of para-hydroxylation sites is 1. The molecule has 0 aliphatic rings. The van der Waals surface area contributed by atoms with Gasteiger partial charge in [-0.2, -0.15) is 4.57 Å². The van der Waals surface area contributed by atoms with Crippen LogP contribution in [-0.2, 0) is 13.0 Å². The van der Waals surface area contributed by atoms with Gasteiger partial charge in [0.25, 0.3) is 0 Å². The van der Waals surface area contributed by atoms with Crippen LogP contribution in [0, 0.1) is 5.82 Å². The Kier molecular flexibility index (Phi) is 5.25. The van der Waals surface area contributed by atoms with E-state index in [2.05, 4.69) is 0 Å². The molecule has 1 heterocycles. The number of carbonyl (C=O) groups excluding carboxylic acids is 2. The number of rotatable bonds is 6. The molecular weight excluding hydrogens is 365 g/mol. The summed E-state index contributed by atoms with van der Waals surface area (Å²) < 4.78 is 15.9. The van der Waals surface area contributed by atoms with Gasteiger partial charge < -0.3 is 0 Å². The van der Waals surface area contributed by atoms with Gasteiger partial charge >= 0.3 is 0 Å². The Hall–Kier alpha value is -3.66. The van der Waals surface area contributed by atoms with Gasteiger partial charge in [0, 0.05) is 23.1 Å². The molecule has 4 rings (SSSR count). The molecule has 29 heavy (non-hydrogen) atoms. The summed E-state index contributed by atoms with van der Waals surface area (Å²) in [7, 11) is 0. The van der Waals surface area contributed by atoms with Gasteiger partial charge in [-0.3, -0.25) is 9.59 Å². The fourth-order valence-electron chi connectivity index (χ4n) is 3.45. The van der Waals surface area contributed by atoms with Crippen LogP contribution in [-0.4, -0.2) is 11.6 Å². The lowest BCUT2D eigenvalue weighted by Gasteiger charge is -2.08. The molecule has 0 aliphatic heterocycles. The Morgan fingerprint density at radius 2 is 1.41 bits per heavy atom. The average Bonchev–Trinajstić information content (AvgIpc) is 2.76. The average molecular weight is 384 g/mol. The van der Waals surface area contributed by atoms with Crippen LogP contribution in [0.25, 0.3) is 10.9 Å². The molecule has 0 aliphatic carbocycles. The fraction of sp³-hybridized carbons (Fsp3) is 0.0800. The first-order valence-electron chi connectivity index (χ1n) is 9.40. The van der Waals surface area contributed by atoms with Gasteiger partial charge in [0.1, 0.15) is 5.82 Å². The van der Waals surface area contributed by atoms with Crippen molar-refractivity contribution in [1.82, 2.24) is 0 Å². The number of hydrogen-bond acceptors (Lipinski definition) is 2. The highest BCUT2D eigenvalue weighted by Gasteiger charge is 2.23. The zero-order valence-corrected chi connectivity index (χ0v) is 15.7. The van der Waals surface area contributed by atoms with Crippen LogP contribution in [0.3, 0.4) is 0 Å². The Morgan fingerprint density at radius 3 is 2.21 bits per heavy atom. The third-order valence-electron chi connectivity index (χ3n) is 4.94. The van der Waals surface area contributed by atoms with Gasteiger partial charge in [-0.1, -0.05) is 54.6 Å². The molecular formula is C25H19FNO2+. The highest BCUT2D eigenvalue weighted by atomic mass is 19.1. The molecule has 3 nitrogen and oxygen atoms in total. The number of fused-ring (bicyclic) bond motifs is 1. The van der Waals surface area contributed by atoms with E-state index in [9.17, 15) is 14.0 Å². The third kappa shape index (κ3) is 3.97. The maximum atomic E-state index is 14.0. The molecule has 0 atom stereocenters. The molecule has 0 spiro atoms. The second kappa shape index (κ2) is 8.15. The predicted molar refractivity (Wildman–Crippen MR) is 109 cm³/mol. The molecule has 0 amide bonds. The number of benzene rings is 3. The molecule has 0 unspecified atom stereocenters. The summed E-state index contributed by atoms with van der Waals surface area (Å²) in [6.07, 6.45) is 0.00778. The Bertz CT molecular complexity index is 1200. The van der Waals surface area contributed by atoms with E-state index < -0.39 is 5.82 Å². The SMILES string of the molecule is O=C(C[n+]1c(CC(=O)c2ccccc2F)ccc2ccccc21)c1ccccc1. The van der Waals surface area contributed by atoms with Gasteiger partial charge in [0.15, 0.2) is 11.5 Å². The molecule has 0 saturated heterocycles. The van der Waals surface area contributed by atoms with Crippen molar-refractivity contribution in [2.75, 3.05) is 0 Å². The maximum Gasteiger partial charge on any atom is 0.227 e. The zero-order chi connectivity index (χ0) is 20.2. The topological polar surface area (TPSA) is 38.0 Å². The Morgan fingerprint density at radius 1 is 0.724 bits per heavy atom. The molecule has 4 heteroatoms. The summed E-state index contributed by atoms with van der Waals surface area (Å²) in [6.45, 7) is 0.102. The van der Waals surface area contributed by atoms with E-state index in [1.54, 1.807) is 24.3 Å². The molecule has 0 N–H and O–H groups in total. The van der Waals surface area contributed by atoms with E-state index in [0.717, 1.165) is 10.9 Å². The quantitative estimate of drug-likeness (QED) is 0.361. The fourth-order valence-corrected chi connectivity index (χ4v) is 3.45. The van der Waals surface area contributed by atoms with Crippen molar-refractivity contribution in [3.63, 3.8) is 0 Å². The number of pyridine rings is 1. The minimum Gasteiger partial charge on any atom is -0.293 e. The maximum absolute atomic E-state index is 14.0. The minimum atomic E-state index is -0.537. The first-order chi connectivity index (χ1) is 14.1. The normalized spacial score (nSPS) is 10.8. The molecule has 0 radical (unpaired) electrons. The largest absolute Gasteiger partial charge is 0.293 e. The standard InChI is InChI=1S/C25H19FNO2/c26-22-12-6-5-11-21(22)24(28)16-20-15-14-18-8-4-7-13-23(18)27(20)17-25(29)19-9-2-1-3-10-19/h1-15H,16-17H2/q+1. The summed E-state index contributed by atoms with van der Waals surface area (Å²) in [4.78, 5) is 25.6. The monoisotopic (exact) mass is 384 g/mol. The summed E-state index contributed by atoms with van der Waals surface area (Å²) >= 11 is 0. The van der Waals surface area contributed by atoms with Crippen LogP contribution in [0.1, 0.15) is 26.4 Å². The molecule has 0 bridgehead atoms.